The first-order valence-corrected chi connectivity index (χ1v) is 13.5. The molecule has 1 fully saturated rings. The van der Waals surface area contributed by atoms with E-state index in [0.29, 0.717) is 42.5 Å². The van der Waals surface area contributed by atoms with Gasteiger partial charge in [0.25, 0.3) is 5.91 Å². The van der Waals surface area contributed by atoms with Crippen LogP contribution in [-0.4, -0.2) is 56.6 Å². The van der Waals surface area contributed by atoms with Gasteiger partial charge < -0.3 is 15.0 Å². The van der Waals surface area contributed by atoms with Crippen LogP contribution in [0.4, 0.5) is 4.39 Å². The predicted molar refractivity (Wildman–Crippen MR) is 147 cm³/mol. The lowest BCUT2D eigenvalue weighted by Gasteiger charge is -2.36. The molecule has 1 aliphatic heterocycles. The highest BCUT2D eigenvalue weighted by molar-refractivity contribution is 9.10. The van der Waals surface area contributed by atoms with Crippen molar-refractivity contribution in [1.29, 1.82) is 0 Å². The minimum atomic E-state index is -0.399. The number of likely N-dealkylation sites (tertiary alicyclic amines) is 1. The van der Waals surface area contributed by atoms with E-state index >= 15 is 0 Å². The van der Waals surface area contributed by atoms with Gasteiger partial charge in [-0.05, 0) is 80.8 Å². The fourth-order valence-corrected chi connectivity index (χ4v) is 5.17. The minimum Gasteiger partial charge on any atom is -0.496 e. The Hall–Kier alpha value is -2.45. The topological polar surface area (TPSA) is 66.0 Å². The van der Waals surface area contributed by atoms with Crippen molar-refractivity contribution in [3.63, 3.8) is 0 Å². The zero-order valence-corrected chi connectivity index (χ0v) is 23.3. The van der Waals surface area contributed by atoms with Gasteiger partial charge in [-0.2, -0.15) is 0 Å². The molecule has 0 radical (unpaired) electrons. The number of nitrogens with one attached hydrogen (secondary N) is 2. The molecule has 2 unspecified atom stereocenters. The number of hydrogen-bond donors (Lipinski definition) is 2. The van der Waals surface area contributed by atoms with E-state index < -0.39 is 5.82 Å². The summed E-state index contributed by atoms with van der Waals surface area (Å²) in [6.07, 6.45) is 4.39. The summed E-state index contributed by atoms with van der Waals surface area (Å²) in [5.74, 6) is 1.09. The van der Waals surface area contributed by atoms with Crippen LogP contribution in [0.5, 0.6) is 5.75 Å². The minimum absolute atomic E-state index is 0.308. The highest BCUT2D eigenvalue weighted by atomic mass is 79.9. The Kier molecular flexibility index (Phi) is 10.7. The molecule has 0 spiro atoms. The summed E-state index contributed by atoms with van der Waals surface area (Å²) in [4.78, 5) is 19.8. The van der Waals surface area contributed by atoms with Crippen molar-refractivity contribution >= 4 is 27.8 Å². The standard InChI is InChI=1S/C28H38BrFN4O2/c1-19-9-10-20(2)34(18-19)16-6-15-32-28(31-3)33-27(35)24-7-5-8-25(30)23(24)13-11-21-17-22(29)12-14-26(21)36-4/h5,7-8,12,14,17,19-20H,6,9-11,13,15-16,18H2,1-4H3,(H2,31,32,33,35). The number of hydrogen-bond acceptors (Lipinski definition) is 4. The largest absolute Gasteiger partial charge is 0.496 e. The number of carbonyl (C=O) groups is 1. The van der Waals surface area contributed by atoms with Gasteiger partial charge >= 0.3 is 0 Å². The molecule has 0 bridgehead atoms. The normalized spacial score (nSPS) is 18.7. The fourth-order valence-electron chi connectivity index (χ4n) is 4.76. The molecule has 3 rings (SSSR count). The third kappa shape index (κ3) is 7.77. The Labute approximate surface area is 222 Å². The molecule has 1 aliphatic rings. The van der Waals surface area contributed by atoms with E-state index in [2.05, 4.69) is 50.3 Å². The van der Waals surface area contributed by atoms with Gasteiger partial charge in [-0.15, -0.1) is 0 Å². The first-order valence-electron chi connectivity index (χ1n) is 12.7. The summed E-state index contributed by atoms with van der Waals surface area (Å²) in [6, 6.07) is 10.9. The number of carbonyl (C=O) groups excluding carboxylic acids is 1. The number of rotatable bonds is 9. The Morgan fingerprint density at radius 3 is 2.78 bits per heavy atom. The lowest BCUT2D eigenvalue weighted by Crippen LogP contribution is -2.44. The molecule has 1 saturated heterocycles. The molecular formula is C28H38BrFN4O2. The number of aryl methyl sites for hydroxylation is 1. The quantitative estimate of drug-likeness (QED) is 0.251. The Bertz CT molecular complexity index is 1060. The van der Waals surface area contributed by atoms with Gasteiger partial charge in [0, 0.05) is 48.3 Å². The zero-order valence-electron chi connectivity index (χ0n) is 21.7. The van der Waals surface area contributed by atoms with Crippen LogP contribution in [0.1, 0.15) is 54.6 Å². The van der Waals surface area contributed by atoms with Crippen LogP contribution >= 0.6 is 15.9 Å². The van der Waals surface area contributed by atoms with Gasteiger partial charge in [0.2, 0.25) is 0 Å². The van der Waals surface area contributed by atoms with Crippen LogP contribution < -0.4 is 15.4 Å². The second kappa shape index (κ2) is 13.7. The smallest absolute Gasteiger partial charge is 0.258 e. The monoisotopic (exact) mass is 560 g/mol. The van der Waals surface area contributed by atoms with Gasteiger partial charge in [0.15, 0.2) is 5.96 Å². The van der Waals surface area contributed by atoms with E-state index in [9.17, 15) is 9.18 Å². The van der Waals surface area contributed by atoms with Crippen LogP contribution in [0.15, 0.2) is 45.9 Å². The van der Waals surface area contributed by atoms with E-state index in [1.54, 1.807) is 26.3 Å². The van der Waals surface area contributed by atoms with Crippen LogP contribution in [0.25, 0.3) is 0 Å². The molecule has 1 amide bonds. The fraction of sp³-hybridized carbons (Fsp3) is 0.500. The number of guanidine groups is 1. The molecule has 0 saturated carbocycles. The van der Waals surface area contributed by atoms with E-state index in [1.807, 2.05) is 18.2 Å². The van der Waals surface area contributed by atoms with Crippen molar-refractivity contribution in [3.05, 3.63) is 63.4 Å². The summed E-state index contributed by atoms with van der Waals surface area (Å²) >= 11 is 3.48. The van der Waals surface area contributed by atoms with Crippen LogP contribution in [0.2, 0.25) is 0 Å². The second-order valence-electron chi connectivity index (χ2n) is 9.56. The molecule has 196 valence electrons. The molecule has 6 nitrogen and oxygen atoms in total. The van der Waals surface area contributed by atoms with Gasteiger partial charge in [-0.3, -0.25) is 15.1 Å². The molecule has 2 atom stereocenters. The summed E-state index contributed by atoms with van der Waals surface area (Å²) in [7, 11) is 3.24. The van der Waals surface area contributed by atoms with E-state index in [4.69, 9.17) is 4.74 Å². The number of piperidine rings is 1. The van der Waals surface area contributed by atoms with Crippen molar-refractivity contribution < 1.29 is 13.9 Å². The summed E-state index contributed by atoms with van der Waals surface area (Å²) < 4.78 is 21.2. The maximum absolute atomic E-state index is 14.8. The average molecular weight is 562 g/mol. The molecule has 2 aromatic carbocycles. The van der Waals surface area contributed by atoms with E-state index in [1.165, 1.54) is 18.9 Å². The summed E-state index contributed by atoms with van der Waals surface area (Å²) in [5.41, 5.74) is 1.63. The first-order chi connectivity index (χ1) is 17.3. The number of methoxy groups -OCH3 is 1. The Morgan fingerprint density at radius 1 is 1.22 bits per heavy atom. The van der Waals surface area contributed by atoms with Crippen molar-refractivity contribution in [2.24, 2.45) is 10.9 Å². The van der Waals surface area contributed by atoms with E-state index in [-0.39, 0.29) is 5.91 Å². The van der Waals surface area contributed by atoms with Crippen LogP contribution in [-0.2, 0) is 12.8 Å². The van der Waals surface area contributed by atoms with Crippen molar-refractivity contribution in [3.8, 4) is 5.75 Å². The van der Waals surface area contributed by atoms with Gasteiger partial charge in [0.1, 0.15) is 11.6 Å². The number of ether oxygens (including phenoxy) is 1. The summed E-state index contributed by atoms with van der Waals surface area (Å²) in [5, 5.41) is 6.05. The molecule has 0 aromatic heterocycles. The maximum Gasteiger partial charge on any atom is 0.258 e. The Balaban J connectivity index is 1.58. The first kappa shape index (κ1) is 28.1. The molecule has 1 heterocycles. The zero-order chi connectivity index (χ0) is 26.1. The number of benzene rings is 2. The molecule has 36 heavy (non-hydrogen) atoms. The SMILES string of the molecule is CN=C(NCCCN1CC(C)CCC1C)NC(=O)c1cccc(F)c1CCc1cc(Br)ccc1OC. The lowest BCUT2D eigenvalue weighted by molar-refractivity contribution is 0.0974. The van der Waals surface area contributed by atoms with Crippen molar-refractivity contribution in [2.45, 2.75) is 52.0 Å². The molecule has 8 heteroatoms. The third-order valence-electron chi connectivity index (χ3n) is 6.87. The highest BCUT2D eigenvalue weighted by Crippen LogP contribution is 2.26. The summed E-state index contributed by atoms with van der Waals surface area (Å²) in [6.45, 7) is 7.45. The number of halogens is 2. The van der Waals surface area contributed by atoms with Gasteiger partial charge in [-0.25, -0.2) is 4.39 Å². The lowest BCUT2D eigenvalue weighted by atomic mass is 9.95. The molecule has 2 N–H and O–H groups in total. The maximum atomic E-state index is 14.8. The number of nitrogens with zero attached hydrogens (tertiary/aromatic N) is 2. The molecule has 2 aromatic rings. The molecular weight excluding hydrogens is 523 g/mol. The van der Waals surface area contributed by atoms with Gasteiger partial charge in [-0.1, -0.05) is 28.9 Å². The third-order valence-corrected chi connectivity index (χ3v) is 7.36. The number of aliphatic imine (C=N–C) groups is 1. The van der Waals surface area contributed by atoms with Crippen LogP contribution in [0.3, 0.4) is 0 Å². The van der Waals surface area contributed by atoms with E-state index in [0.717, 1.165) is 41.2 Å². The number of amides is 1. The average Bonchev–Trinajstić information content (AvgIpc) is 2.86. The highest BCUT2D eigenvalue weighted by Gasteiger charge is 2.22. The Morgan fingerprint density at radius 2 is 2.03 bits per heavy atom. The molecule has 0 aliphatic carbocycles. The van der Waals surface area contributed by atoms with Crippen LogP contribution in [0, 0.1) is 11.7 Å². The van der Waals surface area contributed by atoms with Gasteiger partial charge in [0.05, 0.1) is 7.11 Å². The van der Waals surface area contributed by atoms with Crippen molar-refractivity contribution in [1.82, 2.24) is 15.5 Å². The predicted octanol–water partition coefficient (Wildman–Crippen LogP) is 5.20. The second-order valence-corrected chi connectivity index (χ2v) is 10.5. The van der Waals surface area contributed by atoms with Crippen molar-refractivity contribution in [2.75, 3.05) is 33.8 Å².